The van der Waals surface area contributed by atoms with Crippen LogP contribution in [0.3, 0.4) is 0 Å². The first-order valence-electron chi connectivity index (χ1n) is 8.55. The lowest BCUT2D eigenvalue weighted by atomic mass is 10.1. The summed E-state index contributed by atoms with van der Waals surface area (Å²) in [4.78, 5) is 35.8. The molecule has 3 aromatic rings. The SMILES string of the molecule is CC(C)n1nc(C(=O)N/N=C\c2ccc(C(=O)[O-])cc2)c2ccccc2c1=O. The maximum Gasteiger partial charge on any atom is 0.292 e. The van der Waals surface area contributed by atoms with E-state index in [2.05, 4.69) is 15.6 Å². The number of hydrazone groups is 1. The Balaban J connectivity index is 1.88. The molecule has 0 saturated heterocycles. The van der Waals surface area contributed by atoms with E-state index in [0.29, 0.717) is 16.3 Å². The number of nitrogens with zero attached hydrogens (tertiary/aromatic N) is 3. The highest BCUT2D eigenvalue weighted by Gasteiger charge is 2.17. The van der Waals surface area contributed by atoms with Crippen molar-refractivity contribution in [1.29, 1.82) is 0 Å². The third kappa shape index (κ3) is 3.80. The minimum Gasteiger partial charge on any atom is -0.545 e. The zero-order valence-corrected chi connectivity index (χ0v) is 15.2. The molecule has 28 heavy (non-hydrogen) atoms. The van der Waals surface area contributed by atoms with E-state index in [1.807, 2.05) is 0 Å². The van der Waals surface area contributed by atoms with Crippen molar-refractivity contribution in [3.63, 3.8) is 0 Å². The number of rotatable bonds is 5. The maximum atomic E-state index is 12.6. The fourth-order valence-corrected chi connectivity index (χ4v) is 2.65. The first-order chi connectivity index (χ1) is 13.4. The van der Waals surface area contributed by atoms with Gasteiger partial charge in [0, 0.05) is 5.39 Å². The molecule has 0 aliphatic carbocycles. The van der Waals surface area contributed by atoms with Crippen LogP contribution in [-0.2, 0) is 0 Å². The zero-order valence-electron chi connectivity index (χ0n) is 15.2. The van der Waals surface area contributed by atoms with Crippen molar-refractivity contribution in [2.45, 2.75) is 19.9 Å². The van der Waals surface area contributed by atoms with Gasteiger partial charge in [0.2, 0.25) is 0 Å². The van der Waals surface area contributed by atoms with Gasteiger partial charge >= 0.3 is 0 Å². The minimum atomic E-state index is -1.27. The molecule has 142 valence electrons. The van der Waals surface area contributed by atoms with Gasteiger partial charge in [-0.15, -0.1) is 0 Å². The number of amides is 1. The molecular weight excluding hydrogens is 360 g/mol. The van der Waals surface area contributed by atoms with Crippen molar-refractivity contribution in [2.75, 3.05) is 0 Å². The lowest BCUT2D eigenvalue weighted by Crippen LogP contribution is -2.30. The normalized spacial score (nSPS) is 11.2. The average molecular weight is 377 g/mol. The highest BCUT2D eigenvalue weighted by Crippen LogP contribution is 2.14. The van der Waals surface area contributed by atoms with Crippen molar-refractivity contribution in [2.24, 2.45) is 5.10 Å². The van der Waals surface area contributed by atoms with Crippen molar-refractivity contribution in [3.8, 4) is 0 Å². The highest BCUT2D eigenvalue weighted by molar-refractivity contribution is 6.05. The van der Waals surface area contributed by atoms with Crippen LogP contribution in [0, 0.1) is 0 Å². The third-order valence-electron chi connectivity index (χ3n) is 4.06. The first kappa shape index (κ1) is 19.0. The Labute approximate surface area is 160 Å². The molecule has 8 heteroatoms. The summed E-state index contributed by atoms with van der Waals surface area (Å²) >= 11 is 0. The predicted octanol–water partition coefficient (Wildman–Crippen LogP) is 1.10. The molecular formula is C20H17N4O4-. The van der Waals surface area contributed by atoms with Crippen LogP contribution in [0.25, 0.3) is 10.8 Å². The standard InChI is InChI=1S/C20H18N4O4/c1-12(2)24-19(26)16-6-4-3-5-15(16)17(23-24)18(25)22-21-11-13-7-9-14(10-8-13)20(27)28/h3-12H,1-2H3,(H,22,25)(H,27,28)/p-1/b21-11-. The van der Waals surface area contributed by atoms with Gasteiger partial charge in [-0.3, -0.25) is 9.59 Å². The maximum absolute atomic E-state index is 12.6. The van der Waals surface area contributed by atoms with Crippen molar-refractivity contribution < 1.29 is 14.7 Å². The molecule has 0 saturated carbocycles. The van der Waals surface area contributed by atoms with Crippen LogP contribution in [0.2, 0.25) is 0 Å². The number of carboxylic acid groups (broad SMARTS) is 1. The Bertz CT molecular complexity index is 1130. The monoisotopic (exact) mass is 377 g/mol. The fourth-order valence-electron chi connectivity index (χ4n) is 2.65. The molecule has 1 heterocycles. The van der Waals surface area contributed by atoms with Crippen molar-refractivity contribution in [1.82, 2.24) is 15.2 Å². The van der Waals surface area contributed by atoms with Crippen molar-refractivity contribution in [3.05, 3.63) is 75.7 Å². The Kier molecular flexibility index (Phi) is 5.30. The van der Waals surface area contributed by atoms with E-state index in [4.69, 9.17) is 0 Å². The molecule has 0 atom stereocenters. The number of nitrogens with one attached hydrogen (secondary N) is 1. The zero-order chi connectivity index (χ0) is 20.3. The molecule has 2 aromatic carbocycles. The summed E-state index contributed by atoms with van der Waals surface area (Å²) in [6.45, 7) is 3.61. The number of carbonyl (C=O) groups excluding carboxylic acids is 2. The second-order valence-corrected chi connectivity index (χ2v) is 6.35. The number of benzene rings is 2. The molecule has 0 aliphatic heterocycles. The van der Waals surface area contributed by atoms with E-state index in [-0.39, 0.29) is 22.9 Å². The summed E-state index contributed by atoms with van der Waals surface area (Å²) in [7, 11) is 0. The predicted molar refractivity (Wildman–Crippen MR) is 102 cm³/mol. The quantitative estimate of drug-likeness (QED) is 0.528. The van der Waals surface area contributed by atoms with Gasteiger partial charge in [0.1, 0.15) is 0 Å². The minimum absolute atomic E-state index is 0.0489. The van der Waals surface area contributed by atoms with Gasteiger partial charge < -0.3 is 9.90 Å². The van der Waals surface area contributed by atoms with E-state index in [1.54, 1.807) is 38.1 Å². The Morgan fingerprint density at radius 1 is 1.11 bits per heavy atom. The number of hydrogen-bond donors (Lipinski definition) is 1. The molecule has 0 spiro atoms. The number of aromatic nitrogens is 2. The summed E-state index contributed by atoms with van der Waals surface area (Å²) in [5.74, 6) is -1.83. The second kappa shape index (κ2) is 7.83. The van der Waals surface area contributed by atoms with E-state index in [1.165, 1.54) is 35.2 Å². The Morgan fingerprint density at radius 2 is 1.75 bits per heavy atom. The molecule has 0 unspecified atom stereocenters. The molecule has 0 radical (unpaired) electrons. The van der Waals surface area contributed by atoms with Crippen LogP contribution in [0.5, 0.6) is 0 Å². The van der Waals surface area contributed by atoms with Crippen LogP contribution in [0.1, 0.15) is 46.3 Å². The van der Waals surface area contributed by atoms with Gasteiger partial charge in [0.05, 0.1) is 23.6 Å². The van der Waals surface area contributed by atoms with Crippen LogP contribution in [-0.4, -0.2) is 27.9 Å². The van der Waals surface area contributed by atoms with Crippen LogP contribution in [0.15, 0.2) is 58.4 Å². The first-order valence-corrected chi connectivity index (χ1v) is 8.55. The van der Waals surface area contributed by atoms with Crippen LogP contribution >= 0.6 is 0 Å². The average Bonchev–Trinajstić information content (AvgIpc) is 2.68. The summed E-state index contributed by atoms with van der Waals surface area (Å²) in [5, 5.41) is 19.7. The van der Waals surface area contributed by atoms with Crippen LogP contribution < -0.4 is 16.1 Å². The van der Waals surface area contributed by atoms with E-state index >= 15 is 0 Å². The highest BCUT2D eigenvalue weighted by atomic mass is 16.4. The van der Waals surface area contributed by atoms with Gasteiger partial charge in [-0.25, -0.2) is 10.1 Å². The molecule has 1 amide bonds. The number of carbonyl (C=O) groups is 2. The molecule has 0 aliphatic rings. The molecule has 1 N–H and O–H groups in total. The summed E-state index contributed by atoms with van der Waals surface area (Å²) in [5.41, 5.74) is 2.85. The summed E-state index contributed by atoms with van der Waals surface area (Å²) in [6.07, 6.45) is 1.37. The van der Waals surface area contributed by atoms with Crippen molar-refractivity contribution >= 4 is 28.9 Å². The third-order valence-corrected chi connectivity index (χ3v) is 4.06. The van der Waals surface area contributed by atoms with E-state index in [0.717, 1.165) is 0 Å². The number of aromatic carboxylic acids is 1. The lowest BCUT2D eigenvalue weighted by Gasteiger charge is -2.12. The number of hydrogen-bond acceptors (Lipinski definition) is 6. The van der Waals surface area contributed by atoms with E-state index < -0.39 is 11.9 Å². The van der Waals surface area contributed by atoms with Gasteiger partial charge in [0.15, 0.2) is 5.69 Å². The topological polar surface area (TPSA) is 116 Å². The summed E-state index contributed by atoms with van der Waals surface area (Å²) in [6, 6.07) is 12.4. The number of carboxylic acids is 1. The Hall–Kier alpha value is -3.81. The van der Waals surface area contributed by atoms with Gasteiger partial charge in [-0.05, 0) is 31.0 Å². The molecule has 8 nitrogen and oxygen atoms in total. The van der Waals surface area contributed by atoms with Gasteiger partial charge in [0.25, 0.3) is 11.5 Å². The summed E-state index contributed by atoms with van der Waals surface area (Å²) < 4.78 is 1.26. The number of fused-ring (bicyclic) bond motifs is 1. The molecule has 0 fully saturated rings. The largest absolute Gasteiger partial charge is 0.545 e. The second-order valence-electron chi connectivity index (χ2n) is 6.35. The van der Waals surface area contributed by atoms with Gasteiger partial charge in [-0.2, -0.15) is 10.2 Å². The smallest absolute Gasteiger partial charge is 0.292 e. The lowest BCUT2D eigenvalue weighted by molar-refractivity contribution is -0.255. The molecule has 0 bridgehead atoms. The van der Waals surface area contributed by atoms with Gasteiger partial charge in [-0.1, -0.05) is 42.5 Å². The van der Waals surface area contributed by atoms with E-state index in [9.17, 15) is 19.5 Å². The Morgan fingerprint density at radius 3 is 2.36 bits per heavy atom. The molecule has 3 rings (SSSR count). The fraction of sp³-hybridized carbons (Fsp3) is 0.150. The van der Waals surface area contributed by atoms with Crippen LogP contribution in [0.4, 0.5) is 0 Å². The molecule has 1 aromatic heterocycles.